The van der Waals surface area contributed by atoms with E-state index < -0.39 is 12.0 Å². The fourth-order valence-electron chi connectivity index (χ4n) is 3.24. The summed E-state index contributed by atoms with van der Waals surface area (Å²) in [6.45, 7) is 1.95. The minimum absolute atomic E-state index is 0.210. The van der Waals surface area contributed by atoms with Crippen molar-refractivity contribution in [1.82, 2.24) is 14.8 Å². The largest absolute Gasteiger partial charge is 0.504 e. The zero-order valence-electron chi connectivity index (χ0n) is 15.0. The Bertz CT molecular complexity index is 1060. The van der Waals surface area contributed by atoms with Gasteiger partial charge in [-0.3, -0.25) is 0 Å². The number of nitrogens with zero attached hydrogens (tertiary/aromatic N) is 3. The number of aromatic hydroxyl groups is 2. The van der Waals surface area contributed by atoms with E-state index in [9.17, 15) is 15.0 Å². The first-order valence-corrected chi connectivity index (χ1v) is 8.75. The molecule has 0 spiro atoms. The number of fused-ring (bicyclic) bond motifs is 1. The molecule has 1 aromatic heterocycles. The summed E-state index contributed by atoms with van der Waals surface area (Å²) in [5.41, 5.74) is 2.22. The lowest BCUT2D eigenvalue weighted by atomic mass is 9.92. The van der Waals surface area contributed by atoms with Crippen molar-refractivity contribution in [2.24, 2.45) is 0 Å². The minimum atomic E-state index is -0.695. The number of ether oxygens (including phenoxy) is 1. The summed E-state index contributed by atoms with van der Waals surface area (Å²) in [6, 6.07) is 13.1. The van der Waals surface area contributed by atoms with Gasteiger partial charge in [0.25, 0.3) is 0 Å². The van der Waals surface area contributed by atoms with Crippen LogP contribution in [0.1, 0.15) is 24.1 Å². The second-order valence-electron chi connectivity index (χ2n) is 6.18. The van der Waals surface area contributed by atoms with Gasteiger partial charge in [0.2, 0.25) is 5.95 Å². The highest BCUT2D eigenvalue weighted by Gasteiger charge is 2.36. The molecule has 0 saturated heterocycles. The Kier molecular flexibility index (Phi) is 4.44. The third kappa shape index (κ3) is 2.94. The molecule has 4 rings (SSSR count). The van der Waals surface area contributed by atoms with Crippen LogP contribution in [0.4, 0.5) is 5.95 Å². The van der Waals surface area contributed by atoms with Crippen LogP contribution in [0.15, 0.2) is 60.4 Å². The monoisotopic (exact) mass is 378 g/mol. The summed E-state index contributed by atoms with van der Waals surface area (Å²) >= 11 is 0. The molecule has 1 atom stereocenters. The first-order chi connectivity index (χ1) is 13.6. The van der Waals surface area contributed by atoms with E-state index in [2.05, 4.69) is 15.4 Å². The van der Waals surface area contributed by atoms with Crippen LogP contribution in [0.3, 0.4) is 0 Å². The Hall–Kier alpha value is -3.81. The zero-order valence-corrected chi connectivity index (χ0v) is 15.0. The second kappa shape index (κ2) is 7.07. The molecule has 0 fully saturated rings. The Labute approximate surface area is 160 Å². The van der Waals surface area contributed by atoms with Gasteiger partial charge in [-0.25, -0.2) is 9.48 Å². The van der Waals surface area contributed by atoms with E-state index in [1.165, 1.54) is 18.5 Å². The number of phenols is 2. The standard InChI is InChI=1S/C20H18N4O4/c1-2-28-19(27)16-17(12-6-4-3-5-7-12)23-20-21-11-22-24(20)18(16)13-8-9-14(25)15(26)10-13/h3-11,18,25-26H,2H2,1H3,(H,21,22,23)/t18-/m0/s1. The number of phenolic OH excluding ortho intramolecular Hbond substituents is 2. The van der Waals surface area contributed by atoms with Crippen LogP contribution >= 0.6 is 0 Å². The van der Waals surface area contributed by atoms with E-state index in [1.54, 1.807) is 17.7 Å². The molecule has 2 aromatic carbocycles. The van der Waals surface area contributed by atoms with Crippen LogP contribution in [0.25, 0.3) is 5.70 Å². The fourth-order valence-corrected chi connectivity index (χ4v) is 3.24. The maximum Gasteiger partial charge on any atom is 0.338 e. The Balaban J connectivity index is 1.97. The van der Waals surface area contributed by atoms with Crippen LogP contribution in [0, 0.1) is 0 Å². The first kappa shape index (κ1) is 17.6. The molecule has 8 heteroatoms. The molecular formula is C20H18N4O4. The molecule has 0 saturated carbocycles. The average molecular weight is 378 g/mol. The number of carbonyl (C=O) groups excluding carboxylic acids is 1. The highest BCUT2D eigenvalue weighted by molar-refractivity contribution is 6.02. The lowest BCUT2D eigenvalue weighted by molar-refractivity contribution is -0.138. The van der Waals surface area contributed by atoms with Gasteiger partial charge in [-0.2, -0.15) is 10.1 Å². The maximum atomic E-state index is 13.0. The first-order valence-electron chi connectivity index (χ1n) is 8.75. The normalized spacial score (nSPS) is 15.7. The molecule has 0 amide bonds. The average Bonchev–Trinajstić information content (AvgIpc) is 3.18. The minimum Gasteiger partial charge on any atom is -0.504 e. The molecule has 0 unspecified atom stereocenters. The van der Waals surface area contributed by atoms with Gasteiger partial charge in [-0.1, -0.05) is 36.4 Å². The lowest BCUT2D eigenvalue weighted by Gasteiger charge is -2.29. The van der Waals surface area contributed by atoms with Crippen molar-refractivity contribution in [3.05, 3.63) is 71.6 Å². The molecule has 3 N–H and O–H groups in total. The van der Waals surface area contributed by atoms with Gasteiger partial charge in [-0.05, 0) is 30.2 Å². The van der Waals surface area contributed by atoms with E-state index in [-0.39, 0.29) is 18.1 Å². The molecular weight excluding hydrogens is 360 g/mol. The van der Waals surface area contributed by atoms with Gasteiger partial charge < -0.3 is 20.3 Å². The summed E-state index contributed by atoms with van der Waals surface area (Å²) < 4.78 is 6.87. The lowest BCUT2D eigenvalue weighted by Crippen LogP contribution is -2.30. The number of carbonyl (C=O) groups is 1. The van der Waals surface area contributed by atoms with Gasteiger partial charge in [0.05, 0.1) is 17.9 Å². The van der Waals surface area contributed by atoms with Crippen LogP contribution in [0.5, 0.6) is 11.5 Å². The number of anilines is 1. The quantitative estimate of drug-likeness (QED) is 0.473. The number of hydrogen-bond acceptors (Lipinski definition) is 7. The SMILES string of the molecule is CCOC(=O)C1=C(c2ccccc2)Nc2ncnn2[C@H]1c1ccc(O)c(O)c1. The summed E-state index contributed by atoms with van der Waals surface area (Å²) in [7, 11) is 0. The number of rotatable bonds is 4. The van der Waals surface area contributed by atoms with Crippen LogP contribution in [0.2, 0.25) is 0 Å². The van der Waals surface area contributed by atoms with E-state index in [4.69, 9.17) is 4.74 Å². The van der Waals surface area contributed by atoms with Crippen LogP contribution in [-0.4, -0.2) is 37.6 Å². The van der Waals surface area contributed by atoms with E-state index in [0.29, 0.717) is 22.8 Å². The topological polar surface area (TPSA) is 110 Å². The molecule has 1 aliphatic rings. The molecule has 3 aromatic rings. The molecule has 28 heavy (non-hydrogen) atoms. The van der Waals surface area contributed by atoms with Crippen molar-refractivity contribution in [1.29, 1.82) is 0 Å². The highest BCUT2D eigenvalue weighted by Crippen LogP contribution is 2.40. The van der Waals surface area contributed by atoms with Crippen molar-refractivity contribution in [3.63, 3.8) is 0 Å². The number of benzene rings is 2. The van der Waals surface area contributed by atoms with Gasteiger partial charge >= 0.3 is 5.97 Å². The second-order valence-corrected chi connectivity index (χ2v) is 6.18. The zero-order chi connectivity index (χ0) is 19.7. The van der Waals surface area contributed by atoms with E-state index >= 15 is 0 Å². The summed E-state index contributed by atoms with van der Waals surface area (Å²) in [5.74, 6) is -0.597. The van der Waals surface area contributed by atoms with Gasteiger partial charge in [0, 0.05) is 0 Å². The molecule has 0 bridgehead atoms. The number of nitrogens with one attached hydrogen (secondary N) is 1. The Morgan fingerprint density at radius 3 is 2.68 bits per heavy atom. The Morgan fingerprint density at radius 2 is 1.96 bits per heavy atom. The summed E-state index contributed by atoms with van der Waals surface area (Å²) in [4.78, 5) is 17.2. The predicted octanol–water partition coefficient (Wildman–Crippen LogP) is 2.68. The molecule has 2 heterocycles. The molecule has 0 aliphatic carbocycles. The molecule has 8 nitrogen and oxygen atoms in total. The summed E-state index contributed by atoms with van der Waals surface area (Å²) in [5, 5.41) is 27.1. The third-order valence-electron chi connectivity index (χ3n) is 4.47. The van der Waals surface area contributed by atoms with Crippen molar-refractivity contribution in [3.8, 4) is 11.5 Å². The van der Waals surface area contributed by atoms with Crippen LogP contribution in [-0.2, 0) is 9.53 Å². The number of esters is 1. The molecule has 1 aliphatic heterocycles. The van der Waals surface area contributed by atoms with Gasteiger partial charge in [-0.15, -0.1) is 0 Å². The van der Waals surface area contributed by atoms with Gasteiger partial charge in [0.1, 0.15) is 12.4 Å². The van der Waals surface area contributed by atoms with Crippen molar-refractivity contribution in [2.75, 3.05) is 11.9 Å². The number of hydrogen-bond donors (Lipinski definition) is 3. The molecule has 142 valence electrons. The maximum absolute atomic E-state index is 13.0. The van der Waals surface area contributed by atoms with Crippen molar-refractivity contribution < 1.29 is 19.7 Å². The van der Waals surface area contributed by atoms with E-state index in [1.807, 2.05) is 30.3 Å². The van der Waals surface area contributed by atoms with E-state index in [0.717, 1.165) is 5.56 Å². The fraction of sp³-hybridized carbons (Fsp3) is 0.150. The van der Waals surface area contributed by atoms with Gasteiger partial charge in [0.15, 0.2) is 11.5 Å². The van der Waals surface area contributed by atoms with Crippen molar-refractivity contribution >= 4 is 17.6 Å². The highest BCUT2D eigenvalue weighted by atomic mass is 16.5. The van der Waals surface area contributed by atoms with Crippen molar-refractivity contribution in [2.45, 2.75) is 13.0 Å². The predicted molar refractivity (Wildman–Crippen MR) is 102 cm³/mol. The Morgan fingerprint density at radius 1 is 1.18 bits per heavy atom. The number of aromatic nitrogens is 3. The molecule has 0 radical (unpaired) electrons. The van der Waals surface area contributed by atoms with Crippen LogP contribution < -0.4 is 5.32 Å². The summed E-state index contributed by atoms with van der Waals surface area (Å²) in [6.07, 6.45) is 1.38. The third-order valence-corrected chi connectivity index (χ3v) is 4.47. The smallest absolute Gasteiger partial charge is 0.338 e.